The van der Waals surface area contributed by atoms with Gasteiger partial charge in [0.2, 0.25) is 0 Å². The lowest BCUT2D eigenvalue weighted by Gasteiger charge is -1.99. The molecule has 2 rings (SSSR count). The van der Waals surface area contributed by atoms with Gasteiger partial charge in [0, 0.05) is 11.5 Å². The van der Waals surface area contributed by atoms with Crippen LogP contribution in [0.25, 0.3) is 0 Å². The Morgan fingerprint density at radius 1 is 1.00 bits per heavy atom. The molecule has 0 aliphatic heterocycles. The van der Waals surface area contributed by atoms with E-state index in [4.69, 9.17) is 0 Å². The van der Waals surface area contributed by atoms with Crippen LogP contribution in [0.4, 0.5) is 5.69 Å². The van der Waals surface area contributed by atoms with E-state index < -0.39 is 20.5 Å². The van der Waals surface area contributed by atoms with Crippen molar-refractivity contribution in [2.45, 2.75) is 4.90 Å². The third-order valence-electron chi connectivity index (χ3n) is 2.84. The molecule has 0 unspecified atom stereocenters. The molecule has 2 aromatic rings. The van der Waals surface area contributed by atoms with Crippen molar-refractivity contribution >= 4 is 21.3 Å². The third kappa shape index (κ3) is 3.44. The molecule has 112 valence electrons. The van der Waals surface area contributed by atoms with Crippen molar-refractivity contribution < 1.29 is 18.1 Å². The number of para-hydroxylation sites is 1. The number of hydrogen-bond donors (Lipinski definition) is 0. The molecule has 0 spiro atoms. The second kappa shape index (κ2) is 6.31. The predicted molar refractivity (Wildman–Crippen MR) is 80.2 cm³/mol. The highest BCUT2D eigenvalue weighted by atomic mass is 32.2. The maximum absolute atomic E-state index is 12.0. The van der Waals surface area contributed by atoms with Gasteiger partial charge in [-0.3, -0.25) is 14.9 Å². The summed E-state index contributed by atoms with van der Waals surface area (Å²) in [5.41, 5.74) is -0.527. The number of allylic oxidation sites excluding steroid dienone is 1. The van der Waals surface area contributed by atoms with Crippen LogP contribution in [0.3, 0.4) is 0 Å². The van der Waals surface area contributed by atoms with Gasteiger partial charge in [0.1, 0.15) is 0 Å². The van der Waals surface area contributed by atoms with Crippen molar-refractivity contribution in [1.29, 1.82) is 0 Å². The first-order chi connectivity index (χ1) is 10.4. The molecule has 0 bridgehead atoms. The molecule has 7 heteroatoms. The minimum Gasteiger partial charge on any atom is -0.289 e. The zero-order valence-electron chi connectivity index (χ0n) is 11.2. The smallest absolute Gasteiger partial charge is 0.280 e. The Morgan fingerprint density at radius 2 is 1.59 bits per heavy atom. The highest BCUT2D eigenvalue weighted by Crippen LogP contribution is 2.19. The number of ketones is 1. The standard InChI is InChI=1S/C15H11NO5S/c17-15(13-8-4-5-9-14(13)16(18)19)10-11-22(20,21)12-6-2-1-3-7-12/h1-11H/b11-10+. The summed E-state index contributed by atoms with van der Waals surface area (Å²) in [5.74, 6) is -0.744. The van der Waals surface area contributed by atoms with Crippen LogP contribution >= 0.6 is 0 Å². The molecule has 0 saturated carbocycles. The Labute approximate surface area is 126 Å². The normalized spacial score (nSPS) is 11.5. The van der Waals surface area contributed by atoms with E-state index in [0.717, 1.165) is 11.5 Å². The van der Waals surface area contributed by atoms with E-state index in [1.807, 2.05) is 0 Å². The van der Waals surface area contributed by atoms with Gasteiger partial charge in [0.25, 0.3) is 5.69 Å². The summed E-state index contributed by atoms with van der Waals surface area (Å²) in [4.78, 5) is 22.2. The number of nitro benzene ring substituents is 1. The summed E-state index contributed by atoms with van der Waals surface area (Å²) in [6.45, 7) is 0. The van der Waals surface area contributed by atoms with Gasteiger partial charge in [0.15, 0.2) is 15.6 Å². The molecular formula is C15H11NO5S. The number of sulfone groups is 1. The van der Waals surface area contributed by atoms with Gasteiger partial charge >= 0.3 is 0 Å². The SMILES string of the molecule is O=C(/C=C/S(=O)(=O)c1ccccc1)c1ccccc1[N+](=O)[O-]. The van der Waals surface area contributed by atoms with Gasteiger partial charge in [-0.1, -0.05) is 30.3 Å². The van der Waals surface area contributed by atoms with E-state index in [0.29, 0.717) is 0 Å². The predicted octanol–water partition coefficient (Wildman–Crippen LogP) is 2.77. The molecule has 6 nitrogen and oxygen atoms in total. The highest BCUT2D eigenvalue weighted by Gasteiger charge is 2.18. The van der Waals surface area contributed by atoms with E-state index >= 15 is 0 Å². The van der Waals surface area contributed by atoms with E-state index in [1.165, 1.54) is 36.4 Å². The fourth-order valence-electron chi connectivity index (χ4n) is 1.77. The fraction of sp³-hybridized carbons (Fsp3) is 0. The largest absolute Gasteiger partial charge is 0.289 e. The minimum atomic E-state index is -3.77. The zero-order valence-corrected chi connectivity index (χ0v) is 12.1. The van der Waals surface area contributed by atoms with Crippen LogP contribution in [0.1, 0.15) is 10.4 Å². The van der Waals surface area contributed by atoms with Crippen LogP contribution in [-0.4, -0.2) is 19.1 Å². The van der Waals surface area contributed by atoms with Crippen molar-refractivity contribution in [3.8, 4) is 0 Å². The number of nitrogens with zero attached hydrogens (tertiary/aromatic N) is 1. The summed E-state index contributed by atoms with van der Waals surface area (Å²) < 4.78 is 24.0. The molecular weight excluding hydrogens is 306 g/mol. The Morgan fingerprint density at radius 3 is 2.23 bits per heavy atom. The van der Waals surface area contributed by atoms with Gasteiger partial charge in [0.05, 0.1) is 15.4 Å². The summed E-state index contributed by atoms with van der Waals surface area (Å²) in [6.07, 6.45) is 0.824. The third-order valence-corrected chi connectivity index (χ3v) is 4.26. The monoisotopic (exact) mass is 317 g/mol. The first-order valence-corrected chi connectivity index (χ1v) is 7.72. The van der Waals surface area contributed by atoms with Crippen molar-refractivity contribution in [1.82, 2.24) is 0 Å². The summed E-state index contributed by atoms with van der Waals surface area (Å²) in [7, 11) is -3.77. The molecule has 0 aliphatic rings. The van der Waals surface area contributed by atoms with Crippen LogP contribution in [0, 0.1) is 10.1 Å². The van der Waals surface area contributed by atoms with Crippen molar-refractivity contribution in [3.05, 3.63) is 81.8 Å². The Balaban J connectivity index is 2.32. The van der Waals surface area contributed by atoms with Gasteiger partial charge in [-0.2, -0.15) is 0 Å². The summed E-state index contributed by atoms with van der Waals surface area (Å²) in [5, 5.41) is 11.6. The van der Waals surface area contributed by atoms with E-state index in [2.05, 4.69) is 0 Å². The van der Waals surface area contributed by atoms with Crippen LogP contribution < -0.4 is 0 Å². The number of hydrogen-bond acceptors (Lipinski definition) is 5. The zero-order chi connectivity index (χ0) is 16.2. The molecule has 0 amide bonds. The van der Waals surface area contributed by atoms with Crippen LogP contribution in [0.2, 0.25) is 0 Å². The molecule has 0 N–H and O–H groups in total. The molecule has 0 aromatic heterocycles. The molecule has 0 radical (unpaired) electrons. The van der Waals surface area contributed by atoms with E-state index in [9.17, 15) is 23.3 Å². The summed E-state index contributed by atoms with van der Waals surface area (Å²) >= 11 is 0. The number of carbonyl (C=O) groups excluding carboxylic acids is 1. The number of nitro groups is 1. The molecule has 0 saturated heterocycles. The van der Waals surface area contributed by atoms with Crippen molar-refractivity contribution in [2.75, 3.05) is 0 Å². The van der Waals surface area contributed by atoms with E-state index in [-0.39, 0.29) is 16.1 Å². The van der Waals surface area contributed by atoms with Gasteiger partial charge in [-0.25, -0.2) is 8.42 Å². The highest BCUT2D eigenvalue weighted by molar-refractivity contribution is 7.94. The first-order valence-electron chi connectivity index (χ1n) is 6.18. The lowest BCUT2D eigenvalue weighted by Crippen LogP contribution is -2.02. The molecule has 0 heterocycles. The second-order valence-corrected chi connectivity index (χ2v) is 6.13. The maximum atomic E-state index is 12.0. The first kappa shape index (κ1) is 15.6. The van der Waals surface area contributed by atoms with Crippen LogP contribution in [0.15, 0.2) is 71.0 Å². The molecule has 22 heavy (non-hydrogen) atoms. The number of benzene rings is 2. The molecule has 2 aromatic carbocycles. The van der Waals surface area contributed by atoms with Gasteiger partial charge in [-0.15, -0.1) is 0 Å². The number of rotatable bonds is 5. The Kier molecular flexibility index (Phi) is 4.47. The number of carbonyl (C=O) groups is 1. The van der Waals surface area contributed by atoms with Crippen molar-refractivity contribution in [2.24, 2.45) is 0 Å². The Hall–Kier alpha value is -2.80. The van der Waals surface area contributed by atoms with Crippen LogP contribution in [-0.2, 0) is 9.84 Å². The molecule has 0 atom stereocenters. The minimum absolute atomic E-state index is 0.0432. The molecule has 0 fully saturated rings. The van der Waals surface area contributed by atoms with E-state index in [1.54, 1.807) is 18.2 Å². The van der Waals surface area contributed by atoms with Gasteiger partial charge in [-0.05, 0) is 24.3 Å². The maximum Gasteiger partial charge on any atom is 0.280 e. The lowest BCUT2D eigenvalue weighted by atomic mass is 10.1. The fourth-order valence-corrected chi connectivity index (χ4v) is 2.77. The average molecular weight is 317 g/mol. The summed E-state index contributed by atoms with van der Waals surface area (Å²) in [6, 6.07) is 13.0. The average Bonchev–Trinajstić information content (AvgIpc) is 2.53. The quantitative estimate of drug-likeness (QED) is 0.366. The second-order valence-electron chi connectivity index (χ2n) is 4.30. The van der Waals surface area contributed by atoms with Crippen LogP contribution in [0.5, 0.6) is 0 Å². The lowest BCUT2D eigenvalue weighted by molar-refractivity contribution is -0.385. The van der Waals surface area contributed by atoms with Crippen molar-refractivity contribution in [3.63, 3.8) is 0 Å². The topological polar surface area (TPSA) is 94.3 Å². The van der Waals surface area contributed by atoms with Gasteiger partial charge < -0.3 is 0 Å². The Bertz CT molecular complexity index is 841. The molecule has 0 aliphatic carbocycles.